The van der Waals surface area contributed by atoms with Crippen LogP contribution in [-0.4, -0.2) is 6.61 Å². The Bertz CT molecular complexity index is 205. The van der Waals surface area contributed by atoms with Gasteiger partial charge in [0.15, 0.2) is 0 Å². The molecule has 0 aliphatic rings. The van der Waals surface area contributed by atoms with Crippen LogP contribution in [0.5, 0.6) is 0 Å². The molecule has 2 nitrogen and oxygen atoms in total. The lowest BCUT2D eigenvalue weighted by atomic mass is 10.1. The summed E-state index contributed by atoms with van der Waals surface area (Å²) in [6.45, 7) is 3.00. The molecule has 0 aliphatic heterocycles. The van der Waals surface area contributed by atoms with E-state index in [2.05, 4.69) is 6.92 Å². The summed E-state index contributed by atoms with van der Waals surface area (Å²) in [6, 6.07) is 1.90. The van der Waals surface area contributed by atoms with Gasteiger partial charge in [-0.15, -0.1) is 0 Å². The van der Waals surface area contributed by atoms with Crippen molar-refractivity contribution in [1.29, 1.82) is 5.26 Å². The SMILES string of the molecule is CCCCCCCCCCCCOC=CC#N. The average Bonchev–Trinajstić information content (AvgIpc) is 2.35. The molecule has 0 radical (unpaired) electrons. The lowest BCUT2D eigenvalue weighted by Crippen LogP contribution is -1.88. The van der Waals surface area contributed by atoms with Gasteiger partial charge in [-0.05, 0) is 6.42 Å². The van der Waals surface area contributed by atoms with Crippen molar-refractivity contribution < 1.29 is 4.74 Å². The van der Waals surface area contributed by atoms with Crippen molar-refractivity contribution in [2.24, 2.45) is 0 Å². The Morgan fingerprint density at radius 3 is 1.94 bits per heavy atom. The summed E-state index contributed by atoms with van der Waals surface area (Å²) >= 11 is 0. The van der Waals surface area contributed by atoms with Crippen LogP contribution in [0.15, 0.2) is 12.3 Å². The summed E-state index contributed by atoms with van der Waals surface area (Å²) < 4.78 is 5.14. The Hall–Kier alpha value is -0.970. The van der Waals surface area contributed by atoms with Gasteiger partial charge in [-0.1, -0.05) is 64.7 Å². The second kappa shape index (κ2) is 15.0. The van der Waals surface area contributed by atoms with E-state index in [9.17, 15) is 0 Å². The van der Waals surface area contributed by atoms with E-state index in [-0.39, 0.29) is 0 Å². The third-order valence-electron chi connectivity index (χ3n) is 2.85. The van der Waals surface area contributed by atoms with E-state index in [4.69, 9.17) is 10.00 Å². The number of unbranched alkanes of at least 4 members (excludes halogenated alkanes) is 9. The van der Waals surface area contributed by atoms with Crippen molar-refractivity contribution in [2.45, 2.75) is 71.1 Å². The number of rotatable bonds is 12. The minimum absolute atomic E-state index is 0.745. The maximum Gasteiger partial charge on any atom is 0.0944 e. The molecule has 0 aliphatic carbocycles. The highest BCUT2D eigenvalue weighted by Crippen LogP contribution is 2.10. The Morgan fingerprint density at radius 1 is 0.882 bits per heavy atom. The van der Waals surface area contributed by atoms with Gasteiger partial charge >= 0.3 is 0 Å². The largest absolute Gasteiger partial charge is 0.500 e. The third kappa shape index (κ3) is 15.0. The van der Waals surface area contributed by atoms with E-state index in [1.165, 1.54) is 70.1 Å². The van der Waals surface area contributed by atoms with E-state index in [1.807, 2.05) is 6.07 Å². The molecule has 0 saturated carbocycles. The molecule has 2 heteroatoms. The smallest absolute Gasteiger partial charge is 0.0944 e. The monoisotopic (exact) mass is 237 g/mol. The van der Waals surface area contributed by atoms with Crippen LogP contribution in [0.2, 0.25) is 0 Å². The minimum Gasteiger partial charge on any atom is -0.500 e. The van der Waals surface area contributed by atoms with E-state index in [0.29, 0.717) is 0 Å². The molecule has 0 amide bonds. The Morgan fingerprint density at radius 2 is 1.41 bits per heavy atom. The zero-order valence-electron chi connectivity index (χ0n) is 11.3. The lowest BCUT2D eigenvalue weighted by molar-refractivity contribution is 0.240. The molecule has 0 N–H and O–H groups in total. The molecule has 0 saturated heterocycles. The fraction of sp³-hybridized carbons (Fsp3) is 0.800. The highest BCUT2D eigenvalue weighted by molar-refractivity contribution is 4.97. The first-order chi connectivity index (χ1) is 8.41. The van der Waals surface area contributed by atoms with Crippen LogP contribution in [-0.2, 0) is 4.74 Å². The van der Waals surface area contributed by atoms with Gasteiger partial charge in [0.25, 0.3) is 0 Å². The van der Waals surface area contributed by atoms with E-state index >= 15 is 0 Å². The molecule has 0 aromatic rings. The fourth-order valence-electron chi connectivity index (χ4n) is 1.82. The number of nitrogens with zero attached hydrogens (tertiary/aromatic N) is 1. The first kappa shape index (κ1) is 16.0. The molecule has 0 fully saturated rings. The molecular formula is C15H27NO. The average molecular weight is 237 g/mol. The maximum absolute atomic E-state index is 8.23. The first-order valence-electron chi connectivity index (χ1n) is 7.08. The molecule has 0 aromatic carbocycles. The number of hydrogen-bond acceptors (Lipinski definition) is 2. The van der Waals surface area contributed by atoms with Gasteiger partial charge in [0.1, 0.15) is 0 Å². The predicted molar refractivity (Wildman–Crippen MR) is 72.5 cm³/mol. The zero-order chi connectivity index (χ0) is 12.6. The fourth-order valence-corrected chi connectivity index (χ4v) is 1.82. The summed E-state index contributed by atoms with van der Waals surface area (Å²) in [7, 11) is 0. The number of hydrogen-bond donors (Lipinski definition) is 0. The molecule has 0 spiro atoms. The second-order valence-corrected chi connectivity index (χ2v) is 4.48. The third-order valence-corrected chi connectivity index (χ3v) is 2.85. The zero-order valence-corrected chi connectivity index (χ0v) is 11.3. The van der Waals surface area contributed by atoms with Crippen LogP contribution in [0.1, 0.15) is 71.1 Å². The van der Waals surface area contributed by atoms with Crippen LogP contribution in [0.4, 0.5) is 0 Å². The Labute approximate surface area is 107 Å². The summed E-state index contributed by atoms with van der Waals surface area (Å²) in [5, 5.41) is 8.23. The normalized spacial score (nSPS) is 10.6. The highest BCUT2D eigenvalue weighted by atomic mass is 16.5. The van der Waals surface area contributed by atoms with E-state index < -0.39 is 0 Å². The van der Waals surface area contributed by atoms with Crippen LogP contribution in [0, 0.1) is 11.3 Å². The van der Waals surface area contributed by atoms with Crippen LogP contribution < -0.4 is 0 Å². The molecule has 0 atom stereocenters. The van der Waals surface area contributed by atoms with Gasteiger partial charge in [-0.3, -0.25) is 0 Å². The quantitative estimate of drug-likeness (QED) is 0.273. The van der Waals surface area contributed by atoms with Gasteiger partial charge in [0.2, 0.25) is 0 Å². The predicted octanol–water partition coefficient (Wildman–Crippen LogP) is 4.96. The van der Waals surface area contributed by atoms with Gasteiger partial charge < -0.3 is 4.74 Å². The summed E-state index contributed by atoms with van der Waals surface area (Å²) in [5.41, 5.74) is 0. The van der Waals surface area contributed by atoms with Gasteiger partial charge in [-0.25, -0.2) is 0 Å². The molecule has 0 bridgehead atoms. The van der Waals surface area contributed by atoms with Crippen molar-refractivity contribution in [3.05, 3.63) is 12.3 Å². The van der Waals surface area contributed by atoms with E-state index in [0.717, 1.165) is 13.0 Å². The van der Waals surface area contributed by atoms with Crippen molar-refractivity contribution in [1.82, 2.24) is 0 Å². The van der Waals surface area contributed by atoms with Gasteiger partial charge in [-0.2, -0.15) is 5.26 Å². The summed E-state index contributed by atoms with van der Waals surface area (Å²) in [4.78, 5) is 0. The molecule has 0 heterocycles. The standard InChI is InChI=1S/C15H27NO/c1-2-3-4-5-6-7-8-9-10-11-14-17-15-12-13-16/h12,15H,2-11,14H2,1H3. The topological polar surface area (TPSA) is 33.0 Å². The van der Waals surface area contributed by atoms with Crippen LogP contribution in [0.3, 0.4) is 0 Å². The van der Waals surface area contributed by atoms with Crippen molar-refractivity contribution in [3.63, 3.8) is 0 Å². The highest BCUT2D eigenvalue weighted by Gasteiger charge is 1.92. The molecule has 98 valence electrons. The van der Waals surface area contributed by atoms with Gasteiger partial charge in [0, 0.05) is 0 Å². The summed E-state index contributed by atoms with van der Waals surface area (Å²) in [6.07, 6.45) is 16.2. The Balaban J connectivity index is 2.94. The first-order valence-corrected chi connectivity index (χ1v) is 7.08. The molecule has 0 unspecified atom stereocenters. The molecule has 0 aromatic heterocycles. The molecule has 0 rings (SSSR count). The maximum atomic E-state index is 8.23. The van der Waals surface area contributed by atoms with Crippen LogP contribution in [0.25, 0.3) is 0 Å². The lowest BCUT2D eigenvalue weighted by Gasteiger charge is -2.02. The van der Waals surface area contributed by atoms with Gasteiger partial charge in [0.05, 0.1) is 25.0 Å². The van der Waals surface area contributed by atoms with Crippen molar-refractivity contribution in [2.75, 3.05) is 6.61 Å². The number of allylic oxidation sites excluding steroid dienone is 1. The van der Waals surface area contributed by atoms with Crippen molar-refractivity contribution >= 4 is 0 Å². The van der Waals surface area contributed by atoms with E-state index in [1.54, 1.807) is 0 Å². The molecular weight excluding hydrogens is 210 g/mol. The van der Waals surface area contributed by atoms with Crippen molar-refractivity contribution in [3.8, 4) is 6.07 Å². The number of nitriles is 1. The van der Waals surface area contributed by atoms with Crippen LogP contribution >= 0.6 is 0 Å². The Kier molecular flexibility index (Phi) is 14.2. The number of ether oxygens (including phenoxy) is 1. The summed E-state index contributed by atoms with van der Waals surface area (Å²) in [5.74, 6) is 0. The molecule has 17 heavy (non-hydrogen) atoms. The minimum atomic E-state index is 0.745. The second-order valence-electron chi connectivity index (χ2n) is 4.48.